The molecule has 0 atom stereocenters. The maximum atomic E-state index is 12.9. The first kappa shape index (κ1) is 19.6. The maximum Gasteiger partial charge on any atom is 0.255 e. The molecule has 1 amide bonds. The number of amides is 1. The normalized spacial score (nSPS) is 10.9. The lowest BCUT2D eigenvalue weighted by Crippen LogP contribution is -2.27. The van der Waals surface area contributed by atoms with Gasteiger partial charge in [-0.2, -0.15) is 5.10 Å². The number of carbonyl (C=O) groups is 1. The number of hydrogen-bond acceptors (Lipinski definition) is 4. The van der Waals surface area contributed by atoms with Gasteiger partial charge in [0.2, 0.25) is 0 Å². The van der Waals surface area contributed by atoms with Crippen LogP contribution in [0.2, 0.25) is 0 Å². The first-order valence-corrected chi connectivity index (χ1v) is 9.31. The van der Waals surface area contributed by atoms with Crippen molar-refractivity contribution in [2.75, 3.05) is 34.3 Å². The summed E-state index contributed by atoms with van der Waals surface area (Å²) in [6, 6.07) is 17.4. The third-order valence-corrected chi connectivity index (χ3v) is 4.41. The van der Waals surface area contributed by atoms with Gasteiger partial charge in [0.15, 0.2) is 0 Å². The van der Waals surface area contributed by atoms with Crippen molar-refractivity contribution in [3.8, 4) is 22.7 Å². The topological polar surface area (TPSA) is 59.4 Å². The highest BCUT2D eigenvalue weighted by Crippen LogP contribution is 2.31. The second kappa shape index (κ2) is 9.19. The number of rotatable bonds is 8. The molecular weight excluding hydrogens is 352 g/mol. The summed E-state index contributed by atoms with van der Waals surface area (Å²) >= 11 is 0. The lowest BCUT2D eigenvalue weighted by atomic mass is 10.1. The second-order valence-corrected chi connectivity index (χ2v) is 6.78. The molecule has 0 bridgehead atoms. The van der Waals surface area contributed by atoms with Crippen LogP contribution in [0.4, 0.5) is 0 Å². The summed E-state index contributed by atoms with van der Waals surface area (Å²) in [6.07, 6.45) is 2.66. The van der Waals surface area contributed by atoms with E-state index in [9.17, 15) is 4.79 Å². The van der Waals surface area contributed by atoms with Crippen LogP contribution in [0.25, 0.3) is 16.9 Å². The fourth-order valence-electron chi connectivity index (χ4n) is 2.98. The van der Waals surface area contributed by atoms with Crippen molar-refractivity contribution in [2.45, 2.75) is 6.42 Å². The first-order valence-electron chi connectivity index (χ1n) is 9.31. The summed E-state index contributed by atoms with van der Waals surface area (Å²) in [6.45, 7) is 1.53. The van der Waals surface area contributed by atoms with Gasteiger partial charge in [0.1, 0.15) is 11.4 Å². The molecule has 0 radical (unpaired) electrons. The number of hydrogen-bond donors (Lipinski definition) is 1. The lowest BCUT2D eigenvalue weighted by molar-refractivity contribution is 0.0953. The largest absolute Gasteiger partial charge is 0.496 e. The van der Waals surface area contributed by atoms with Crippen molar-refractivity contribution in [1.82, 2.24) is 20.0 Å². The highest BCUT2D eigenvalue weighted by atomic mass is 16.5. The van der Waals surface area contributed by atoms with Gasteiger partial charge in [-0.1, -0.05) is 30.3 Å². The average Bonchev–Trinajstić information content (AvgIpc) is 3.17. The van der Waals surface area contributed by atoms with E-state index in [1.54, 1.807) is 18.0 Å². The van der Waals surface area contributed by atoms with Crippen LogP contribution < -0.4 is 10.1 Å². The second-order valence-electron chi connectivity index (χ2n) is 6.78. The van der Waals surface area contributed by atoms with Crippen LogP contribution in [0, 0.1) is 0 Å². The number of aromatic nitrogens is 2. The van der Waals surface area contributed by atoms with Crippen molar-refractivity contribution in [2.24, 2.45) is 0 Å². The number of ether oxygens (including phenoxy) is 1. The quantitative estimate of drug-likeness (QED) is 0.612. The van der Waals surface area contributed by atoms with E-state index in [-0.39, 0.29) is 5.91 Å². The highest BCUT2D eigenvalue weighted by molar-refractivity contribution is 6.00. The molecule has 0 aliphatic heterocycles. The fraction of sp³-hybridized carbons (Fsp3) is 0.273. The number of benzene rings is 2. The van der Waals surface area contributed by atoms with Crippen molar-refractivity contribution < 1.29 is 9.53 Å². The Labute approximate surface area is 165 Å². The van der Waals surface area contributed by atoms with Gasteiger partial charge in [-0.3, -0.25) is 4.79 Å². The van der Waals surface area contributed by atoms with E-state index in [1.165, 1.54) is 0 Å². The molecule has 2 aromatic carbocycles. The zero-order chi connectivity index (χ0) is 19.9. The molecule has 3 aromatic rings. The summed E-state index contributed by atoms with van der Waals surface area (Å²) < 4.78 is 7.22. The van der Waals surface area contributed by atoms with Gasteiger partial charge in [0.25, 0.3) is 5.91 Å². The van der Waals surface area contributed by atoms with Crippen molar-refractivity contribution >= 4 is 5.91 Å². The van der Waals surface area contributed by atoms with E-state index < -0.39 is 0 Å². The Kier molecular flexibility index (Phi) is 6.45. The van der Waals surface area contributed by atoms with E-state index in [0.717, 1.165) is 24.2 Å². The van der Waals surface area contributed by atoms with E-state index in [0.29, 0.717) is 23.6 Å². The van der Waals surface area contributed by atoms with Gasteiger partial charge in [0.05, 0.1) is 18.4 Å². The minimum absolute atomic E-state index is 0.137. The lowest BCUT2D eigenvalue weighted by Gasteiger charge is -2.10. The molecular formula is C22H26N4O2. The van der Waals surface area contributed by atoms with E-state index >= 15 is 0 Å². The third kappa shape index (κ3) is 4.58. The van der Waals surface area contributed by atoms with Gasteiger partial charge >= 0.3 is 0 Å². The molecule has 0 saturated carbocycles. The molecule has 6 heteroatoms. The highest BCUT2D eigenvalue weighted by Gasteiger charge is 2.20. The molecule has 146 valence electrons. The Bertz CT molecular complexity index is 919. The summed E-state index contributed by atoms with van der Waals surface area (Å²) in [5.74, 6) is 0.546. The van der Waals surface area contributed by atoms with Crippen LogP contribution in [-0.4, -0.2) is 54.9 Å². The molecule has 1 aromatic heterocycles. The predicted molar refractivity (Wildman–Crippen MR) is 111 cm³/mol. The molecule has 0 unspecified atom stereocenters. The summed E-state index contributed by atoms with van der Waals surface area (Å²) in [5, 5.41) is 7.71. The van der Waals surface area contributed by atoms with Crippen LogP contribution >= 0.6 is 0 Å². The maximum absolute atomic E-state index is 12.9. The number of para-hydroxylation sites is 2. The van der Waals surface area contributed by atoms with Crippen LogP contribution in [0.3, 0.4) is 0 Å². The number of nitrogens with zero attached hydrogens (tertiary/aromatic N) is 3. The van der Waals surface area contributed by atoms with Gasteiger partial charge < -0.3 is 15.0 Å². The third-order valence-electron chi connectivity index (χ3n) is 4.41. The Balaban J connectivity index is 1.95. The van der Waals surface area contributed by atoms with Gasteiger partial charge in [-0.05, 0) is 51.3 Å². The zero-order valence-electron chi connectivity index (χ0n) is 16.6. The molecule has 0 aliphatic carbocycles. The smallest absolute Gasteiger partial charge is 0.255 e. The van der Waals surface area contributed by atoms with Crippen molar-refractivity contribution in [1.29, 1.82) is 0 Å². The van der Waals surface area contributed by atoms with Crippen molar-refractivity contribution in [3.05, 3.63) is 66.4 Å². The number of carbonyl (C=O) groups excluding carboxylic acids is 1. The summed E-state index contributed by atoms with van der Waals surface area (Å²) in [4.78, 5) is 15.0. The molecule has 0 fully saturated rings. The summed E-state index contributed by atoms with van der Waals surface area (Å²) in [7, 11) is 5.66. The molecule has 1 heterocycles. The monoisotopic (exact) mass is 378 g/mol. The Morgan fingerprint density at radius 3 is 2.54 bits per heavy atom. The molecule has 1 N–H and O–H groups in total. The Morgan fingerprint density at radius 2 is 1.82 bits per heavy atom. The number of nitrogens with one attached hydrogen (secondary N) is 1. The van der Waals surface area contributed by atoms with Gasteiger partial charge in [-0.15, -0.1) is 0 Å². The predicted octanol–water partition coefficient (Wildman–Crippen LogP) is 3.23. The van der Waals surface area contributed by atoms with E-state index in [4.69, 9.17) is 9.84 Å². The van der Waals surface area contributed by atoms with Crippen LogP contribution in [0.15, 0.2) is 60.8 Å². The van der Waals surface area contributed by atoms with Crippen molar-refractivity contribution in [3.63, 3.8) is 0 Å². The zero-order valence-corrected chi connectivity index (χ0v) is 16.6. The molecule has 3 rings (SSSR count). The molecule has 0 saturated heterocycles. The minimum atomic E-state index is -0.137. The van der Waals surface area contributed by atoms with E-state index in [1.807, 2.05) is 68.7 Å². The molecule has 28 heavy (non-hydrogen) atoms. The standard InChI is InChI=1S/C22H26N4O2/c1-25(2)15-9-14-23-22(27)19-16-26(17-10-5-4-6-11-17)24-21(19)18-12-7-8-13-20(18)28-3/h4-8,10-13,16H,9,14-15H2,1-3H3,(H,23,27). The van der Waals surface area contributed by atoms with Gasteiger partial charge in [-0.25, -0.2) is 4.68 Å². The fourth-order valence-corrected chi connectivity index (χ4v) is 2.98. The van der Waals surface area contributed by atoms with E-state index in [2.05, 4.69) is 10.2 Å². The SMILES string of the molecule is COc1ccccc1-c1nn(-c2ccccc2)cc1C(=O)NCCCN(C)C. The van der Waals surface area contributed by atoms with Gasteiger partial charge in [0, 0.05) is 18.3 Å². The Hall–Kier alpha value is -3.12. The van der Waals surface area contributed by atoms with Crippen LogP contribution in [0.5, 0.6) is 5.75 Å². The molecule has 6 nitrogen and oxygen atoms in total. The first-order chi connectivity index (χ1) is 13.6. The average molecular weight is 378 g/mol. The Morgan fingerprint density at radius 1 is 1.11 bits per heavy atom. The molecule has 0 spiro atoms. The number of methoxy groups -OCH3 is 1. The minimum Gasteiger partial charge on any atom is -0.496 e. The van der Waals surface area contributed by atoms with Crippen LogP contribution in [-0.2, 0) is 0 Å². The summed E-state index contributed by atoms with van der Waals surface area (Å²) in [5.41, 5.74) is 2.81. The molecule has 0 aliphatic rings. The van der Waals surface area contributed by atoms with Crippen LogP contribution in [0.1, 0.15) is 16.8 Å².